The van der Waals surface area contributed by atoms with E-state index in [1.807, 2.05) is 48.5 Å². The summed E-state index contributed by atoms with van der Waals surface area (Å²) in [6.07, 6.45) is 0. The first-order chi connectivity index (χ1) is 30.7. The quantitative estimate of drug-likeness (QED) is 0.161. The Labute approximate surface area is 357 Å². The van der Waals surface area contributed by atoms with Gasteiger partial charge in [-0.2, -0.15) is 0 Å². The van der Waals surface area contributed by atoms with Gasteiger partial charge in [0.2, 0.25) is 0 Å². The highest BCUT2D eigenvalue weighted by Gasteiger charge is 2.20. The van der Waals surface area contributed by atoms with Gasteiger partial charge in [-0.25, -0.2) is 15.0 Å². The third-order valence-corrected chi connectivity index (χ3v) is 11.9. The fraction of sp³-hybridized carbons (Fsp3) is 0. The summed E-state index contributed by atoms with van der Waals surface area (Å²) in [4.78, 5) is 15.4. The lowest BCUT2D eigenvalue weighted by Crippen LogP contribution is -2.00. The monoisotopic (exact) mass is 792 g/mol. The molecule has 0 radical (unpaired) electrons. The number of benzene rings is 9. The van der Waals surface area contributed by atoms with Gasteiger partial charge in [-0.05, 0) is 81.9 Å². The van der Waals surface area contributed by atoms with E-state index in [0.717, 1.165) is 66.5 Å². The summed E-state index contributed by atoms with van der Waals surface area (Å²) in [6.45, 7) is 0. The highest BCUT2D eigenvalue weighted by Crippen LogP contribution is 2.41. The highest BCUT2D eigenvalue weighted by atomic mass is 16.3. The molecule has 3 aromatic heterocycles. The van der Waals surface area contributed by atoms with Crippen LogP contribution < -0.4 is 0 Å². The van der Waals surface area contributed by atoms with Crippen LogP contribution in [0.1, 0.15) is 0 Å². The van der Waals surface area contributed by atoms with Crippen molar-refractivity contribution in [2.75, 3.05) is 0 Å². The number of hydrogen-bond acceptors (Lipinski definition) is 4. The van der Waals surface area contributed by atoms with Crippen molar-refractivity contribution in [3.05, 3.63) is 218 Å². The van der Waals surface area contributed by atoms with Crippen molar-refractivity contribution in [1.82, 2.24) is 19.5 Å². The fourth-order valence-corrected chi connectivity index (χ4v) is 8.87. The van der Waals surface area contributed by atoms with Crippen molar-refractivity contribution in [3.63, 3.8) is 0 Å². The van der Waals surface area contributed by atoms with Crippen LogP contribution in [0.15, 0.2) is 223 Å². The van der Waals surface area contributed by atoms with Crippen LogP contribution in [0.25, 0.3) is 117 Å². The van der Waals surface area contributed by atoms with E-state index < -0.39 is 0 Å². The van der Waals surface area contributed by atoms with E-state index in [9.17, 15) is 0 Å². The maximum absolute atomic E-state index is 6.74. The minimum atomic E-state index is 0.585. The molecule has 62 heavy (non-hydrogen) atoms. The molecule has 0 atom stereocenters. The first kappa shape index (κ1) is 35.5. The predicted octanol–water partition coefficient (Wildman–Crippen LogP) is 14.9. The van der Waals surface area contributed by atoms with Crippen molar-refractivity contribution in [1.29, 1.82) is 0 Å². The molecular formula is C57H36N4O. The lowest BCUT2D eigenvalue weighted by atomic mass is 10.0. The normalized spacial score (nSPS) is 11.5. The van der Waals surface area contributed by atoms with Crippen molar-refractivity contribution in [2.24, 2.45) is 0 Å². The molecule has 0 spiro atoms. The van der Waals surface area contributed by atoms with E-state index in [4.69, 9.17) is 19.4 Å². The van der Waals surface area contributed by atoms with Crippen LogP contribution in [0.3, 0.4) is 0 Å². The smallest absolute Gasteiger partial charge is 0.164 e. The number of fused-ring (bicyclic) bond motifs is 6. The molecule has 5 nitrogen and oxygen atoms in total. The Morgan fingerprint density at radius 2 is 0.790 bits per heavy atom. The first-order valence-corrected chi connectivity index (χ1v) is 20.8. The number of furan rings is 1. The third-order valence-electron chi connectivity index (χ3n) is 11.9. The van der Waals surface area contributed by atoms with Gasteiger partial charge < -0.3 is 8.98 Å². The fourth-order valence-electron chi connectivity index (χ4n) is 8.87. The van der Waals surface area contributed by atoms with Crippen LogP contribution in [-0.2, 0) is 0 Å². The zero-order valence-electron chi connectivity index (χ0n) is 33.5. The standard InChI is InChI=1S/C57H36N4O/c1-5-15-37(16-6-1)41-23-13-24-44(33-41)56-58-55(40-21-11-4-12-22-40)59-57(60-56)47-25-14-26-52-54(47)46-30-29-45(36-53(46)62-52)61-50-31-27-42(38-17-7-2-8-18-38)34-48(50)49-35-43(28-32-51(49)61)39-19-9-3-10-20-39/h1-36H. The third kappa shape index (κ3) is 6.14. The van der Waals surface area contributed by atoms with Gasteiger partial charge in [0.05, 0.1) is 11.0 Å². The van der Waals surface area contributed by atoms with E-state index in [2.05, 4.69) is 174 Å². The molecule has 0 saturated heterocycles. The molecule has 12 aromatic rings. The van der Waals surface area contributed by atoms with Crippen LogP contribution >= 0.6 is 0 Å². The second-order valence-corrected chi connectivity index (χ2v) is 15.6. The van der Waals surface area contributed by atoms with Gasteiger partial charge in [0.1, 0.15) is 11.2 Å². The second-order valence-electron chi connectivity index (χ2n) is 15.6. The summed E-state index contributed by atoms with van der Waals surface area (Å²) >= 11 is 0. The Kier molecular flexibility index (Phi) is 8.42. The van der Waals surface area contributed by atoms with Crippen LogP contribution in [0, 0.1) is 0 Å². The Balaban J connectivity index is 1.02. The van der Waals surface area contributed by atoms with Crippen molar-refractivity contribution >= 4 is 43.7 Å². The number of hydrogen-bond donors (Lipinski definition) is 0. The van der Waals surface area contributed by atoms with Gasteiger partial charge in [-0.15, -0.1) is 0 Å². The Morgan fingerprint density at radius 1 is 0.306 bits per heavy atom. The lowest BCUT2D eigenvalue weighted by Gasteiger charge is -2.10. The molecule has 12 rings (SSSR count). The van der Waals surface area contributed by atoms with Gasteiger partial charge in [0.25, 0.3) is 0 Å². The summed E-state index contributed by atoms with van der Waals surface area (Å²) in [6, 6.07) is 76.4. The molecular weight excluding hydrogens is 757 g/mol. The van der Waals surface area contributed by atoms with Crippen molar-refractivity contribution < 1.29 is 4.42 Å². The van der Waals surface area contributed by atoms with E-state index in [0.29, 0.717) is 17.5 Å². The largest absolute Gasteiger partial charge is 0.456 e. The van der Waals surface area contributed by atoms with Gasteiger partial charge in [0.15, 0.2) is 17.5 Å². The first-order valence-electron chi connectivity index (χ1n) is 20.8. The predicted molar refractivity (Wildman–Crippen MR) is 254 cm³/mol. The number of aromatic nitrogens is 4. The second kappa shape index (κ2) is 14.7. The average molecular weight is 793 g/mol. The molecule has 0 amide bonds. The minimum absolute atomic E-state index is 0.585. The summed E-state index contributed by atoms with van der Waals surface area (Å²) < 4.78 is 9.10. The number of rotatable bonds is 7. The van der Waals surface area contributed by atoms with Crippen LogP contribution in [0.5, 0.6) is 0 Å². The molecule has 0 fully saturated rings. The van der Waals surface area contributed by atoms with Crippen LogP contribution in [0.4, 0.5) is 0 Å². The topological polar surface area (TPSA) is 56.7 Å². The summed E-state index contributed by atoms with van der Waals surface area (Å²) in [5, 5.41) is 4.35. The van der Waals surface area contributed by atoms with E-state index >= 15 is 0 Å². The SMILES string of the molecule is c1ccc(-c2cccc(-c3nc(-c4ccccc4)nc(-c4cccc5oc6cc(-n7c8ccc(-c9ccccc9)cc8c8cc(-c9ccccc9)ccc87)ccc6c45)n3)c2)cc1. The Hall–Kier alpha value is -8.41. The maximum Gasteiger partial charge on any atom is 0.164 e. The zero-order chi connectivity index (χ0) is 41.0. The molecule has 9 aromatic carbocycles. The average Bonchev–Trinajstić information content (AvgIpc) is 3.89. The van der Waals surface area contributed by atoms with Crippen LogP contribution in [0.2, 0.25) is 0 Å². The molecule has 0 aliphatic rings. The van der Waals surface area contributed by atoms with Gasteiger partial charge in [0, 0.05) is 50.0 Å². The molecule has 0 saturated carbocycles. The minimum Gasteiger partial charge on any atom is -0.456 e. The maximum atomic E-state index is 6.74. The molecule has 3 heterocycles. The Bertz CT molecular complexity index is 3520. The highest BCUT2D eigenvalue weighted by molar-refractivity contribution is 6.14. The molecule has 0 N–H and O–H groups in total. The molecule has 0 unspecified atom stereocenters. The van der Waals surface area contributed by atoms with E-state index in [-0.39, 0.29) is 0 Å². The molecule has 0 bridgehead atoms. The summed E-state index contributed by atoms with van der Waals surface area (Å²) in [5.74, 6) is 1.80. The summed E-state index contributed by atoms with van der Waals surface area (Å²) in [7, 11) is 0. The van der Waals surface area contributed by atoms with E-state index in [1.54, 1.807) is 0 Å². The van der Waals surface area contributed by atoms with Gasteiger partial charge >= 0.3 is 0 Å². The van der Waals surface area contributed by atoms with E-state index in [1.165, 1.54) is 33.0 Å². The zero-order valence-corrected chi connectivity index (χ0v) is 33.5. The van der Waals surface area contributed by atoms with Gasteiger partial charge in [-0.3, -0.25) is 0 Å². The van der Waals surface area contributed by atoms with Crippen LogP contribution in [-0.4, -0.2) is 19.5 Å². The summed E-state index contributed by atoms with van der Waals surface area (Å²) in [5.41, 5.74) is 14.5. The number of nitrogens with zero attached hydrogens (tertiary/aromatic N) is 4. The molecule has 5 heteroatoms. The Morgan fingerprint density at radius 3 is 1.39 bits per heavy atom. The molecule has 290 valence electrons. The van der Waals surface area contributed by atoms with Gasteiger partial charge in [-0.1, -0.05) is 164 Å². The van der Waals surface area contributed by atoms with Crippen molar-refractivity contribution in [2.45, 2.75) is 0 Å². The molecule has 0 aliphatic carbocycles. The molecule has 0 aliphatic heterocycles. The lowest BCUT2D eigenvalue weighted by molar-refractivity contribution is 0.668. The van der Waals surface area contributed by atoms with Crippen molar-refractivity contribution in [3.8, 4) is 73.2 Å².